The third kappa shape index (κ3) is 0.907. The first kappa shape index (κ1) is 7.67. The van der Waals surface area contributed by atoms with E-state index in [0.29, 0.717) is 0 Å². The second-order valence-electron chi connectivity index (χ2n) is 3.48. The minimum atomic E-state index is 0.752. The number of hydrogen-bond acceptors (Lipinski definition) is 3. The van der Waals surface area contributed by atoms with Crippen molar-refractivity contribution in [3.05, 3.63) is 18.3 Å². The summed E-state index contributed by atoms with van der Waals surface area (Å²) in [5.74, 6) is 0.893. The van der Waals surface area contributed by atoms with E-state index in [1.54, 1.807) is 0 Å². The maximum Gasteiger partial charge on any atom is 0.145 e. The molecule has 1 aromatic heterocycles. The smallest absolute Gasteiger partial charge is 0.145 e. The highest BCUT2D eigenvalue weighted by atomic mass is 16.5. The van der Waals surface area contributed by atoms with Gasteiger partial charge in [-0.05, 0) is 12.1 Å². The van der Waals surface area contributed by atoms with Crippen LogP contribution in [-0.4, -0.2) is 16.4 Å². The molecule has 0 radical (unpaired) electrons. The Morgan fingerprint density at radius 1 is 1.43 bits per heavy atom. The molecule has 0 aliphatic carbocycles. The quantitative estimate of drug-likeness (QED) is 0.637. The van der Waals surface area contributed by atoms with Crippen molar-refractivity contribution in [2.45, 2.75) is 13.0 Å². The fourth-order valence-corrected chi connectivity index (χ4v) is 1.87. The van der Waals surface area contributed by atoms with Crippen molar-refractivity contribution in [1.29, 1.82) is 0 Å². The second kappa shape index (κ2) is 2.64. The number of rotatable bonds is 0. The number of ether oxygens (including phenoxy) is 1. The zero-order chi connectivity index (χ0) is 9.54. The Morgan fingerprint density at radius 2 is 2.36 bits per heavy atom. The van der Waals surface area contributed by atoms with Gasteiger partial charge in [0, 0.05) is 24.0 Å². The van der Waals surface area contributed by atoms with Gasteiger partial charge in [-0.3, -0.25) is 4.68 Å². The summed E-state index contributed by atoms with van der Waals surface area (Å²) in [5.41, 5.74) is 7.65. The van der Waals surface area contributed by atoms with E-state index in [4.69, 9.17) is 10.5 Å². The van der Waals surface area contributed by atoms with E-state index in [2.05, 4.69) is 5.10 Å². The number of aromatic nitrogens is 2. The molecular weight excluding hydrogens is 178 g/mol. The van der Waals surface area contributed by atoms with Gasteiger partial charge in [0.05, 0.1) is 12.8 Å². The first-order valence-corrected chi connectivity index (χ1v) is 4.73. The molecule has 0 saturated carbocycles. The fraction of sp³-hybridized carbons (Fsp3) is 0.300. The van der Waals surface area contributed by atoms with Crippen LogP contribution in [0.3, 0.4) is 0 Å². The molecule has 0 fully saturated rings. The molecule has 1 aliphatic rings. The maximum atomic E-state index is 5.86. The van der Waals surface area contributed by atoms with Gasteiger partial charge in [-0.25, -0.2) is 0 Å². The Kier molecular flexibility index (Phi) is 1.45. The Balaban J connectivity index is 2.41. The summed E-state index contributed by atoms with van der Waals surface area (Å²) in [6.45, 7) is 1.66. The van der Waals surface area contributed by atoms with Crippen LogP contribution >= 0.6 is 0 Å². The fourth-order valence-electron chi connectivity index (χ4n) is 1.87. The van der Waals surface area contributed by atoms with Crippen LogP contribution in [0.4, 0.5) is 5.69 Å². The monoisotopic (exact) mass is 189 g/mol. The van der Waals surface area contributed by atoms with E-state index in [1.807, 2.05) is 23.0 Å². The molecule has 0 unspecified atom stereocenters. The van der Waals surface area contributed by atoms with Crippen LogP contribution in [0, 0.1) is 0 Å². The number of anilines is 1. The molecular formula is C10H11N3O. The number of aryl methyl sites for hydroxylation is 1. The number of nitrogens with zero attached hydrogens (tertiary/aromatic N) is 2. The number of benzene rings is 1. The van der Waals surface area contributed by atoms with Crippen molar-refractivity contribution in [1.82, 2.24) is 9.78 Å². The second-order valence-corrected chi connectivity index (χ2v) is 3.48. The summed E-state index contributed by atoms with van der Waals surface area (Å²) in [4.78, 5) is 0. The Morgan fingerprint density at radius 3 is 3.29 bits per heavy atom. The van der Waals surface area contributed by atoms with Gasteiger partial charge in [0.2, 0.25) is 0 Å². The third-order valence-corrected chi connectivity index (χ3v) is 2.57. The molecule has 0 atom stereocenters. The van der Waals surface area contributed by atoms with E-state index >= 15 is 0 Å². The number of nitrogens with two attached hydrogens (primary N) is 1. The molecule has 0 saturated heterocycles. The Bertz CT molecular complexity index is 489. The van der Waals surface area contributed by atoms with Gasteiger partial charge in [-0.1, -0.05) is 0 Å². The predicted molar refractivity (Wildman–Crippen MR) is 54.3 cm³/mol. The average molecular weight is 189 g/mol. The van der Waals surface area contributed by atoms with Gasteiger partial charge < -0.3 is 10.5 Å². The van der Waals surface area contributed by atoms with E-state index < -0.39 is 0 Å². The third-order valence-electron chi connectivity index (χ3n) is 2.57. The van der Waals surface area contributed by atoms with Crippen molar-refractivity contribution in [3.63, 3.8) is 0 Å². The number of hydrogen-bond donors (Lipinski definition) is 1. The summed E-state index contributed by atoms with van der Waals surface area (Å²) in [6, 6.07) is 3.79. The van der Waals surface area contributed by atoms with E-state index in [0.717, 1.165) is 41.9 Å². The lowest BCUT2D eigenvalue weighted by molar-refractivity contribution is 0.314. The molecule has 4 nitrogen and oxygen atoms in total. The van der Waals surface area contributed by atoms with Crippen LogP contribution in [0.1, 0.15) is 6.42 Å². The SMILES string of the molecule is Nc1ccc2c3c1cnn3CCCO2. The summed E-state index contributed by atoms with van der Waals surface area (Å²) >= 11 is 0. The minimum Gasteiger partial charge on any atom is -0.491 e. The van der Waals surface area contributed by atoms with E-state index in [1.165, 1.54) is 0 Å². The van der Waals surface area contributed by atoms with Gasteiger partial charge in [-0.2, -0.15) is 5.10 Å². The first-order valence-electron chi connectivity index (χ1n) is 4.73. The summed E-state index contributed by atoms with van der Waals surface area (Å²) in [7, 11) is 0. The van der Waals surface area contributed by atoms with Gasteiger partial charge in [0.25, 0.3) is 0 Å². The van der Waals surface area contributed by atoms with Crippen molar-refractivity contribution in [3.8, 4) is 5.75 Å². The highest BCUT2D eigenvalue weighted by Gasteiger charge is 2.14. The van der Waals surface area contributed by atoms with E-state index in [9.17, 15) is 0 Å². The maximum absolute atomic E-state index is 5.86. The molecule has 1 aliphatic heterocycles. The first-order chi connectivity index (χ1) is 6.86. The predicted octanol–water partition coefficient (Wildman–Crippen LogP) is 1.40. The van der Waals surface area contributed by atoms with Crippen LogP contribution in [0.2, 0.25) is 0 Å². The molecule has 14 heavy (non-hydrogen) atoms. The zero-order valence-corrected chi connectivity index (χ0v) is 7.73. The molecule has 72 valence electrons. The molecule has 2 N–H and O–H groups in total. The van der Waals surface area contributed by atoms with Crippen LogP contribution in [0.25, 0.3) is 10.9 Å². The lowest BCUT2D eigenvalue weighted by Crippen LogP contribution is -1.99. The lowest BCUT2D eigenvalue weighted by atomic mass is 10.2. The zero-order valence-electron chi connectivity index (χ0n) is 7.73. The molecule has 3 rings (SSSR count). The normalized spacial score (nSPS) is 15.1. The molecule has 0 amide bonds. The largest absolute Gasteiger partial charge is 0.491 e. The lowest BCUT2D eigenvalue weighted by Gasteiger charge is -2.04. The summed E-state index contributed by atoms with van der Waals surface area (Å²) in [6.07, 6.45) is 2.80. The van der Waals surface area contributed by atoms with Crippen molar-refractivity contribution < 1.29 is 4.74 Å². The van der Waals surface area contributed by atoms with Crippen molar-refractivity contribution in [2.75, 3.05) is 12.3 Å². The van der Waals surface area contributed by atoms with Crippen molar-refractivity contribution >= 4 is 16.6 Å². The van der Waals surface area contributed by atoms with Gasteiger partial charge in [-0.15, -0.1) is 0 Å². The van der Waals surface area contributed by atoms with E-state index in [-0.39, 0.29) is 0 Å². The van der Waals surface area contributed by atoms with Gasteiger partial charge in [0.15, 0.2) is 0 Å². The summed E-state index contributed by atoms with van der Waals surface area (Å²) in [5, 5.41) is 5.29. The summed E-state index contributed by atoms with van der Waals surface area (Å²) < 4.78 is 7.58. The average Bonchev–Trinajstić information content (AvgIpc) is 2.51. The minimum absolute atomic E-state index is 0.752. The van der Waals surface area contributed by atoms with Crippen LogP contribution in [0.15, 0.2) is 18.3 Å². The van der Waals surface area contributed by atoms with Gasteiger partial charge >= 0.3 is 0 Å². The molecule has 0 spiro atoms. The van der Waals surface area contributed by atoms with Gasteiger partial charge in [0.1, 0.15) is 11.3 Å². The highest BCUT2D eigenvalue weighted by molar-refractivity contribution is 5.94. The standard InChI is InChI=1S/C10H11N3O/c11-8-2-3-9-10-7(8)6-12-13(10)4-1-5-14-9/h2-3,6H,1,4-5,11H2. The Labute approximate surface area is 81.3 Å². The molecule has 0 bridgehead atoms. The van der Waals surface area contributed by atoms with Crippen LogP contribution in [0.5, 0.6) is 5.75 Å². The van der Waals surface area contributed by atoms with Crippen LogP contribution < -0.4 is 10.5 Å². The topological polar surface area (TPSA) is 53.1 Å². The molecule has 2 aromatic rings. The Hall–Kier alpha value is -1.71. The molecule has 1 aromatic carbocycles. The molecule has 4 heteroatoms. The number of nitrogen functional groups attached to an aromatic ring is 1. The molecule has 2 heterocycles. The van der Waals surface area contributed by atoms with Crippen LogP contribution in [-0.2, 0) is 6.54 Å². The van der Waals surface area contributed by atoms with Crippen molar-refractivity contribution in [2.24, 2.45) is 0 Å². The highest BCUT2D eigenvalue weighted by Crippen LogP contribution is 2.31.